The molecule has 2 aromatic carbocycles. The monoisotopic (exact) mass is 309 g/mol. The fraction of sp³-hybridized carbons (Fsp3) is 0.200. The van der Waals surface area contributed by atoms with E-state index >= 15 is 0 Å². The number of rotatable bonds is 5. The van der Waals surface area contributed by atoms with Gasteiger partial charge in [0, 0.05) is 27.0 Å². The molecule has 0 radical (unpaired) electrons. The zero-order chi connectivity index (χ0) is 13.7. The second kappa shape index (κ2) is 7.13. The fourth-order valence-electron chi connectivity index (χ4n) is 1.58. The lowest BCUT2D eigenvalue weighted by Crippen LogP contribution is -1.87. The van der Waals surface area contributed by atoms with Crippen LogP contribution in [0.2, 0.25) is 5.02 Å². The van der Waals surface area contributed by atoms with Crippen molar-refractivity contribution in [2.75, 3.05) is 17.2 Å². The molecule has 0 atom stereocenters. The van der Waals surface area contributed by atoms with E-state index in [2.05, 4.69) is 31.2 Å². The fourth-order valence-corrected chi connectivity index (χ4v) is 3.74. The van der Waals surface area contributed by atoms with Gasteiger partial charge in [-0.25, -0.2) is 0 Å². The molecule has 0 saturated heterocycles. The van der Waals surface area contributed by atoms with E-state index in [0.29, 0.717) is 5.69 Å². The van der Waals surface area contributed by atoms with Crippen molar-refractivity contribution >= 4 is 40.8 Å². The molecule has 0 saturated carbocycles. The molecule has 2 rings (SSSR count). The summed E-state index contributed by atoms with van der Waals surface area (Å²) in [6, 6.07) is 14.3. The van der Waals surface area contributed by atoms with Crippen molar-refractivity contribution in [1.29, 1.82) is 0 Å². The van der Waals surface area contributed by atoms with Gasteiger partial charge in [-0.15, -0.1) is 23.5 Å². The van der Waals surface area contributed by atoms with Gasteiger partial charge < -0.3 is 5.73 Å². The highest BCUT2D eigenvalue weighted by atomic mass is 35.5. The summed E-state index contributed by atoms with van der Waals surface area (Å²) in [6.45, 7) is 2.10. The number of hydrogen-bond donors (Lipinski definition) is 1. The number of benzene rings is 2. The van der Waals surface area contributed by atoms with Crippen molar-refractivity contribution in [3.05, 3.63) is 53.1 Å². The van der Waals surface area contributed by atoms with Gasteiger partial charge in [-0.05, 0) is 37.3 Å². The Bertz CT molecular complexity index is 540. The minimum Gasteiger partial charge on any atom is -0.399 e. The number of nitrogen functional groups attached to an aromatic ring is 1. The molecular formula is C15H16ClNS2. The molecule has 0 amide bonds. The van der Waals surface area contributed by atoms with E-state index in [-0.39, 0.29) is 0 Å². The van der Waals surface area contributed by atoms with Gasteiger partial charge in [-0.1, -0.05) is 29.3 Å². The molecule has 0 unspecified atom stereocenters. The third-order valence-electron chi connectivity index (χ3n) is 2.59. The topological polar surface area (TPSA) is 26.0 Å². The van der Waals surface area contributed by atoms with Crippen LogP contribution in [-0.4, -0.2) is 11.5 Å². The highest BCUT2D eigenvalue weighted by molar-refractivity contribution is 8.03. The lowest BCUT2D eigenvalue weighted by molar-refractivity contribution is 1.37. The molecule has 100 valence electrons. The first kappa shape index (κ1) is 14.6. The molecule has 0 aliphatic rings. The van der Waals surface area contributed by atoms with Gasteiger partial charge >= 0.3 is 0 Å². The molecule has 0 aromatic heterocycles. The number of nitrogens with two attached hydrogens (primary N) is 1. The molecule has 0 spiro atoms. The van der Waals surface area contributed by atoms with E-state index in [1.54, 1.807) is 17.8 Å². The summed E-state index contributed by atoms with van der Waals surface area (Å²) < 4.78 is 0. The number of halogens is 1. The Hall–Kier alpha value is -0.770. The molecule has 4 heteroatoms. The molecule has 2 aromatic rings. The maximum Gasteiger partial charge on any atom is 0.0562 e. The number of thioether (sulfide) groups is 2. The summed E-state index contributed by atoms with van der Waals surface area (Å²) in [4.78, 5) is 2.41. The van der Waals surface area contributed by atoms with Crippen molar-refractivity contribution in [2.24, 2.45) is 0 Å². The van der Waals surface area contributed by atoms with Crippen molar-refractivity contribution in [3.63, 3.8) is 0 Å². The number of hydrogen-bond acceptors (Lipinski definition) is 3. The zero-order valence-corrected chi connectivity index (χ0v) is 13.1. The Morgan fingerprint density at radius 1 is 1.00 bits per heavy atom. The van der Waals surface area contributed by atoms with E-state index in [0.717, 1.165) is 21.4 Å². The van der Waals surface area contributed by atoms with Gasteiger partial charge in [0.25, 0.3) is 0 Å². The summed E-state index contributed by atoms with van der Waals surface area (Å²) in [5.41, 5.74) is 7.68. The first-order valence-electron chi connectivity index (χ1n) is 6.02. The van der Waals surface area contributed by atoms with Crippen LogP contribution in [0, 0.1) is 6.92 Å². The van der Waals surface area contributed by atoms with Crippen molar-refractivity contribution in [3.8, 4) is 0 Å². The van der Waals surface area contributed by atoms with Crippen LogP contribution in [0.15, 0.2) is 52.3 Å². The van der Waals surface area contributed by atoms with E-state index in [4.69, 9.17) is 17.3 Å². The smallest absolute Gasteiger partial charge is 0.0562 e. The Labute approximate surface area is 127 Å². The standard InChI is InChI=1S/C15H16ClNS2/c1-11-2-5-13(6-3-11)18-8-9-19-15-7-4-12(17)10-14(15)16/h2-7,10H,8-9,17H2,1H3. The maximum atomic E-state index is 6.14. The van der Waals surface area contributed by atoms with Gasteiger partial charge in [-0.3, -0.25) is 0 Å². The minimum atomic E-state index is 0.711. The molecule has 0 aliphatic carbocycles. The Morgan fingerprint density at radius 3 is 2.37 bits per heavy atom. The van der Waals surface area contributed by atoms with E-state index in [9.17, 15) is 0 Å². The normalized spacial score (nSPS) is 10.6. The van der Waals surface area contributed by atoms with Gasteiger partial charge in [0.2, 0.25) is 0 Å². The predicted octanol–water partition coefficient (Wildman–Crippen LogP) is 5.12. The SMILES string of the molecule is Cc1ccc(SCCSc2ccc(N)cc2Cl)cc1. The Balaban J connectivity index is 1.79. The minimum absolute atomic E-state index is 0.711. The second-order valence-corrected chi connectivity index (χ2v) is 6.91. The Kier molecular flexibility index (Phi) is 5.49. The summed E-state index contributed by atoms with van der Waals surface area (Å²) in [5, 5.41) is 0.741. The highest BCUT2D eigenvalue weighted by Crippen LogP contribution is 2.30. The van der Waals surface area contributed by atoms with Crippen LogP contribution < -0.4 is 5.73 Å². The van der Waals surface area contributed by atoms with Crippen LogP contribution in [0.4, 0.5) is 5.69 Å². The lowest BCUT2D eigenvalue weighted by atomic mass is 10.2. The average molecular weight is 310 g/mol. The summed E-state index contributed by atoms with van der Waals surface area (Å²) in [5.74, 6) is 2.09. The summed E-state index contributed by atoms with van der Waals surface area (Å²) >= 11 is 9.77. The van der Waals surface area contributed by atoms with Crippen molar-refractivity contribution in [1.82, 2.24) is 0 Å². The second-order valence-electron chi connectivity index (χ2n) is 4.20. The molecule has 0 fully saturated rings. The molecule has 0 heterocycles. The number of aryl methyl sites for hydroxylation is 1. The van der Waals surface area contributed by atoms with Crippen LogP contribution in [0.3, 0.4) is 0 Å². The quantitative estimate of drug-likeness (QED) is 0.472. The van der Waals surface area contributed by atoms with Crippen molar-refractivity contribution in [2.45, 2.75) is 16.7 Å². The third-order valence-corrected chi connectivity index (χ3v) is 5.36. The molecule has 1 nitrogen and oxygen atoms in total. The zero-order valence-electron chi connectivity index (χ0n) is 10.7. The van der Waals surface area contributed by atoms with Gasteiger partial charge in [0.05, 0.1) is 5.02 Å². The predicted molar refractivity (Wildman–Crippen MR) is 88.5 cm³/mol. The van der Waals surface area contributed by atoms with E-state index < -0.39 is 0 Å². The lowest BCUT2D eigenvalue weighted by Gasteiger charge is -2.05. The van der Waals surface area contributed by atoms with Gasteiger partial charge in [0.15, 0.2) is 0 Å². The molecule has 0 aliphatic heterocycles. The van der Waals surface area contributed by atoms with Gasteiger partial charge in [0.1, 0.15) is 0 Å². The number of anilines is 1. The molecule has 19 heavy (non-hydrogen) atoms. The first-order valence-corrected chi connectivity index (χ1v) is 8.37. The van der Waals surface area contributed by atoms with Gasteiger partial charge in [-0.2, -0.15) is 0 Å². The van der Waals surface area contributed by atoms with E-state index in [1.807, 2.05) is 23.9 Å². The van der Waals surface area contributed by atoms with Crippen LogP contribution >= 0.6 is 35.1 Å². The van der Waals surface area contributed by atoms with Crippen LogP contribution in [0.1, 0.15) is 5.56 Å². The van der Waals surface area contributed by atoms with Crippen LogP contribution in [-0.2, 0) is 0 Å². The summed E-state index contributed by atoms with van der Waals surface area (Å²) in [6.07, 6.45) is 0. The molecule has 2 N–H and O–H groups in total. The van der Waals surface area contributed by atoms with Crippen molar-refractivity contribution < 1.29 is 0 Å². The first-order chi connectivity index (χ1) is 9.15. The largest absolute Gasteiger partial charge is 0.399 e. The maximum absolute atomic E-state index is 6.14. The molecular weight excluding hydrogens is 294 g/mol. The van der Waals surface area contributed by atoms with Crippen LogP contribution in [0.25, 0.3) is 0 Å². The highest BCUT2D eigenvalue weighted by Gasteiger charge is 2.01. The molecule has 0 bridgehead atoms. The van der Waals surface area contributed by atoms with Crippen LogP contribution in [0.5, 0.6) is 0 Å². The summed E-state index contributed by atoms with van der Waals surface area (Å²) in [7, 11) is 0. The van der Waals surface area contributed by atoms with E-state index in [1.165, 1.54) is 10.5 Å². The average Bonchev–Trinajstić information content (AvgIpc) is 2.39. The third kappa shape index (κ3) is 4.68. The Morgan fingerprint density at radius 2 is 1.68 bits per heavy atom.